The molecular formula is C22H35N3O. The molecule has 144 valence electrons. The second-order valence-corrected chi connectivity index (χ2v) is 8.60. The number of benzene rings is 1. The zero-order valence-electron chi connectivity index (χ0n) is 16.7. The van der Waals surface area contributed by atoms with Gasteiger partial charge in [0.2, 0.25) is 5.91 Å². The summed E-state index contributed by atoms with van der Waals surface area (Å²) in [7, 11) is 4.29. The fraction of sp³-hybridized carbons (Fsp3) is 0.682. The Bertz CT molecular complexity index is 572. The number of hydrogen-bond acceptors (Lipinski definition) is 3. The Morgan fingerprint density at radius 3 is 2.38 bits per heavy atom. The van der Waals surface area contributed by atoms with Gasteiger partial charge in [-0.25, -0.2) is 0 Å². The lowest BCUT2D eigenvalue weighted by atomic mass is 9.93. The smallest absolute Gasteiger partial charge is 0.234 e. The van der Waals surface area contributed by atoms with E-state index in [1.165, 1.54) is 49.8 Å². The van der Waals surface area contributed by atoms with Crippen molar-refractivity contribution in [1.29, 1.82) is 0 Å². The number of nitrogens with zero attached hydrogens (tertiary/aromatic N) is 2. The molecule has 1 aliphatic carbocycles. The number of amides is 1. The average molecular weight is 358 g/mol. The lowest BCUT2D eigenvalue weighted by Gasteiger charge is -2.32. The molecule has 1 aliphatic heterocycles. The van der Waals surface area contributed by atoms with Gasteiger partial charge in [0.05, 0.1) is 12.6 Å². The Labute approximate surface area is 158 Å². The lowest BCUT2D eigenvalue weighted by Crippen LogP contribution is -2.43. The fourth-order valence-electron chi connectivity index (χ4n) is 3.97. The molecular weight excluding hydrogens is 322 g/mol. The van der Waals surface area contributed by atoms with Crippen LogP contribution >= 0.6 is 0 Å². The summed E-state index contributed by atoms with van der Waals surface area (Å²) < 4.78 is 0. The highest BCUT2D eigenvalue weighted by Gasteiger charge is 2.33. The molecule has 0 aromatic heterocycles. The van der Waals surface area contributed by atoms with Crippen LogP contribution in [-0.4, -0.2) is 56.0 Å². The van der Waals surface area contributed by atoms with E-state index in [-0.39, 0.29) is 11.9 Å². The van der Waals surface area contributed by atoms with Gasteiger partial charge >= 0.3 is 0 Å². The summed E-state index contributed by atoms with van der Waals surface area (Å²) in [5.74, 6) is 1.64. The maximum Gasteiger partial charge on any atom is 0.234 e. The third-order valence-corrected chi connectivity index (χ3v) is 5.91. The second-order valence-electron chi connectivity index (χ2n) is 8.60. The summed E-state index contributed by atoms with van der Waals surface area (Å²) in [5.41, 5.74) is 2.53. The van der Waals surface area contributed by atoms with Crippen molar-refractivity contribution < 1.29 is 4.79 Å². The number of likely N-dealkylation sites (tertiary alicyclic amines) is 1. The predicted molar refractivity (Wildman–Crippen MR) is 107 cm³/mol. The lowest BCUT2D eigenvalue weighted by molar-refractivity contribution is -0.123. The Kier molecular flexibility index (Phi) is 6.71. The first-order chi connectivity index (χ1) is 12.5. The summed E-state index contributed by atoms with van der Waals surface area (Å²) in [6.45, 7) is 5.95. The largest absolute Gasteiger partial charge is 0.348 e. The molecule has 1 amide bonds. The first kappa shape index (κ1) is 19.4. The fourth-order valence-corrected chi connectivity index (χ4v) is 3.97. The van der Waals surface area contributed by atoms with E-state index in [4.69, 9.17) is 0 Å². The highest BCUT2D eigenvalue weighted by molar-refractivity contribution is 5.78. The molecule has 0 radical (unpaired) electrons. The van der Waals surface area contributed by atoms with Crippen molar-refractivity contribution in [3.63, 3.8) is 0 Å². The molecule has 1 saturated heterocycles. The van der Waals surface area contributed by atoms with Crippen LogP contribution in [0.15, 0.2) is 24.3 Å². The van der Waals surface area contributed by atoms with E-state index in [2.05, 4.69) is 60.4 Å². The minimum absolute atomic E-state index is 0.189. The summed E-state index contributed by atoms with van der Waals surface area (Å²) in [6.07, 6.45) is 6.20. The van der Waals surface area contributed by atoms with Crippen molar-refractivity contribution in [2.24, 2.45) is 11.8 Å². The van der Waals surface area contributed by atoms with E-state index in [1.807, 2.05) is 0 Å². The van der Waals surface area contributed by atoms with Gasteiger partial charge in [-0.1, -0.05) is 29.8 Å². The van der Waals surface area contributed by atoms with Crippen LogP contribution < -0.4 is 5.32 Å². The molecule has 26 heavy (non-hydrogen) atoms. The van der Waals surface area contributed by atoms with Crippen molar-refractivity contribution in [1.82, 2.24) is 15.1 Å². The molecule has 4 heteroatoms. The van der Waals surface area contributed by atoms with Gasteiger partial charge in [-0.15, -0.1) is 0 Å². The Balaban J connectivity index is 1.45. The number of piperidine rings is 1. The molecule has 2 fully saturated rings. The molecule has 4 nitrogen and oxygen atoms in total. The minimum Gasteiger partial charge on any atom is -0.348 e. The summed E-state index contributed by atoms with van der Waals surface area (Å²) in [5, 5.41) is 3.33. The van der Waals surface area contributed by atoms with Crippen LogP contribution in [0.2, 0.25) is 0 Å². The minimum atomic E-state index is 0.189. The quantitative estimate of drug-likeness (QED) is 0.776. The van der Waals surface area contributed by atoms with Crippen molar-refractivity contribution >= 4 is 5.91 Å². The number of carbonyl (C=O) groups excluding carboxylic acids is 1. The monoisotopic (exact) mass is 357 g/mol. The van der Waals surface area contributed by atoms with Gasteiger partial charge in [-0.05, 0) is 90.2 Å². The normalized spacial score (nSPS) is 20.3. The van der Waals surface area contributed by atoms with Crippen LogP contribution in [-0.2, 0) is 4.79 Å². The molecule has 0 spiro atoms. The number of rotatable bonds is 8. The van der Waals surface area contributed by atoms with E-state index in [9.17, 15) is 4.79 Å². The van der Waals surface area contributed by atoms with Gasteiger partial charge < -0.3 is 10.2 Å². The zero-order chi connectivity index (χ0) is 18.5. The molecule has 1 saturated carbocycles. The van der Waals surface area contributed by atoms with Crippen molar-refractivity contribution in [3.8, 4) is 0 Å². The second kappa shape index (κ2) is 9.01. The zero-order valence-corrected chi connectivity index (χ0v) is 16.7. The predicted octanol–water partition coefficient (Wildman–Crippen LogP) is 3.23. The van der Waals surface area contributed by atoms with Gasteiger partial charge in [0.25, 0.3) is 0 Å². The molecule has 0 bridgehead atoms. The molecule has 3 rings (SSSR count). The molecule has 1 unspecified atom stereocenters. The van der Waals surface area contributed by atoms with Crippen LogP contribution in [0.1, 0.15) is 49.3 Å². The first-order valence-electron chi connectivity index (χ1n) is 10.2. The number of carbonyl (C=O) groups is 1. The van der Waals surface area contributed by atoms with Crippen LogP contribution in [0.3, 0.4) is 0 Å². The average Bonchev–Trinajstić information content (AvgIpc) is 3.45. The first-order valence-corrected chi connectivity index (χ1v) is 10.2. The van der Waals surface area contributed by atoms with Crippen molar-refractivity contribution in [3.05, 3.63) is 35.4 Å². The summed E-state index contributed by atoms with van der Waals surface area (Å²) in [6, 6.07) is 8.84. The standard InChI is InChI=1S/C22H35N3O/c1-17-4-6-19(7-5-17)22(20-8-9-20)23-21(26)16-25-14-11-18(12-15-25)10-13-24(2)3/h4-7,18,20,22H,8-16H2,1-3H3,(H,23,26). The third kappa shape index (κ3) is 5.82. The van der Waals surface area contributed by atoms with Crippen LogP contribution in [0.4, 0.5) is 0 Å². The summed E-state index contributed by atoms with van der Waals surface area (Å²) >= 11 is 0. The van der Waals surface area contributed by atoms with Gasteiger partial charge in [-0.3, -0.25) is 9.69 Å². The number of hydrogen-bond donors (Lipinski definition) is 1. The molecule has 1 heterocycles. The van der Waals surface area contributed by atoms with Gasteiger partial charge in [0, 0.05) is 0 Å². The molecule has 1 N–H and O–H groups in total. The van der Waals surface area contributed by atoms with Crippen LogP contribution in [0.5, 0.6) is 0 Å². The highest BCUT2D eigenvalue weighted by atomic mass is 16.2. The third-order valence-electron chi connectivity index (χ3n) is 5.91. The maximum atomic E-state index is 12.6. The van der Waals surface area contributed by atoms with E-state index < -0.39 is 0 Å². The van der Waals surface area contributed by atoms with Gasteiger partial charge in [-0.2, -0.15) is 0 Å². The van der Waals surface area contributed by atoms with Crippen LogP contribution in [0, 0.1) is 18.8 Å². The molecule has 1 aromatic carbocycles. The molecule has 1 aromatic rings. The Morgan fingerprint density at radius 2 is 1.81 bits per heavy atom. The van der Waals surface area contributed by atoms with E-state index in [1.54, 1.807) is 0 Å². The number of aryl methyl sites for hydroxylation is 1. The maximum absolute atomic E-state index is 12.6. The topological polar surface area (TPSA) is 35.6 Å². The van der Waals surface area contributed by atoms with Gasteiger partial charge in [0.1, 0.15) is 0 Å². The Hall–Kier alpha value is -1.39. The van der Waals surface area contributed by atoms with E-state index in [0.717, 1.165) is 19.0 Å². The van der Waals surface area contributed by atoms with Gasteiger partial charge in [0.15, 0.2) is 0 Å². The highest BCUT2D eigenvalue weighted by Crippen LogP contribution is 2.41. The molecule has 1 atom stereocenters. The van der Waals surface area contributed by atoms with Crippen molar-refractivity contribution in [2.75, 3.05) is 40.3 Å². The number of nitrogens with one attached hydrogen (secondary N) is 1. The molecule has 2 aliphatic rings. The van der Waals surface area contributed by atoms with E-state index >= 15 is 0 Å². The SMILES string of the molecule is Cc1ccc(C(NC(=O)CN2CCC(CCN(C)C)CC2)C2CC2)cc1. The Morgan fingerprint density at radius 1 is 1.15 bits per heavy atom. The summed E-state index contributed by atoms with van der Waals surface area (Å²) in [4.78, 5) is 17.2. The van der Waals surface area contributed by atoms with Crippen LogP contribution in [0.25, 0.3) is 0 Å². The van der Waals surface area contributed by atoms with Crippen molar-refractivity contribution in [2.45, 2.75) is 45.1 Å². The van der Waals surface area contributed by atoms with E-state index in [0.29, 0.717) is 12.5 Å².